The molecule has 0 aliphatic carbocycles. The lowest BCUT2D eigenvalue weighted by Crippen LogP contribution is -2.13. The van der Waals surface area contributed by atoms with E-state index in [0.717, 1.165) is 29.1 Å². The van der Waals surface area contributed by atoms with E-state index in [2.05, 4.69) is 41.2 Å². The smallest absolute Gasteiger partial charge is 0.231 e. The number of fused-ring (bicyclic) bond motifs is 1. The van der Waals surface area contributed by atoms with Gasteiger partial charge in [-0.3, -0.25) is 0 Å². The Morgan fingerprint density at radius 2 is 2.06 bits per heavy atom. The molecule has 0 aromatic heterocycles. The second kappa shape index (κ2) is 5.56. The van der Waals surface area contributed by atoms with Gasteiger partial charge in [0.2, 0.25) is 6.79 Å². The molecule has 0 bridgehead atoms. The standard InChI is InChI=1S/C13H16BrNO2/c1-9(2)3-4-15-7-10-5-12-13(6-11(10)14)17-8-16-12/h3,5-6,15H,4,7-8H2,1-2H3. The minimum atomic E-state index is 0.316. The second-order valence-electron chi connectivity index (χ2n) is 4.21. The zero-order valence-electron chi connectivity index (χ0n) is 10.0. The van der Waals surface area contributed by atoms with Crippen LogP contribution in [0.2, 0.25) is 0 Å². The molecule has 1 N–H and O–H groups in total. The zero-order valence-corrected chi connectivity index (χ0v) is 11.6. The average molecular weight is 298 g/mol. The summed E-state index contributed by atoms with van der Waals surface area (Å²) in [5, 5.41) is 3.36. The van der Waals surface area contributed by atoms with Crippen molar-refractivity contribution in [1.82, 2.24) is 5.32 Å². The van der Waals surface area contributed by atoms with Gasteiger partial charge in [0.25, 0.3) is 0 Å². The number of benzene rings is 1. The highest BCUT2D eigenvalue weighted by atomic mass is 79.9. The Hall–Kier alpha value is -1.00. The molecule has 1 aromatic rings. The Morgan fingerprint density at radius 1 is 1.35 bits per heavy atom. The van der Waals surface area contributed by atoms with Crippen LogP contribution in [-0.2, 0) is 6.54 Å². The van der Waals surface area contributed by atoms with Gasteiger partial charge in [-0.1, -0.05) is 27.6 Å². The van der Waals surface area contributed by atoms with Crippen molar-refractivity contribution in [3.05, 3.63) is 33.8 Å². The number of halogens is 1. The quantitative estimate of drug-likeness (QED) is 0.684. The van der Waals surface area contributed by atoms with Crippen molar-refractivity contribution in [3.8, 4) is 11.5 Å². The maximum Gasteiger partial charge on any atom is 0.231 e. The van der Waals surface area contributed by atoms with Crippen LogP contribution in [0.4, 0.5) is 0 Å². The number of ether oxygens (including phenoxy) is 2. The third-order valence-electron chi connectivity index (χ3n) is 2.51. The molecule has 92 valence electrons. The molecular formula is C13H16BrNO2. The largest absolute Gasteiger partial charge is 0.454 e. The SMILES string of the molecule is CC(C)=CCNCc1cc2c(cc1Br)OCO2. The monoisotopic (exact) mass is 297 g/mol. The van der Waals surface area contributed by atoms with E-state index in [1.807, 2.05) is 12.1 Å². The Kier molecular flexibility index (Phi) is 4.07. The number of allylic oxidation sites excluding steroid dienone is 1. The summed E-state index contributed by atoms with van der Waals surface area (Å²) in [7, 11) is 0. The van der Waals surface area contributed by atoms with Crippen molar-refractivity contribution in [1.29, 1.82) is 0 Å². The van der Waals surface area contributed by atoms with E-state index in [9.17, 15) is 0 Å². The first kappa shape index (κ1) is 12.5. The number of hydrogen-bond acceptors (Lipinski definition) is 3. The van der Waals surface area contributed by atoms with Crippen molar-refractivity contribution in [2.75, 3.05) is 13.3 Å². The average Bonchev–Trinajstić information content (AvgIpc) is 2.71. The van der Waals surface area contributed by atoms with Gasteiger partial charge in [0.05, 0.1) is 0 Å². The van der Waals surface area contributed by atoms with Crippen LogP contribution in [0, 0.1) is 0 Å². The lowest BCUT2D eigenvalue weighted by atomic mass is 10.2. The maximum atomic E-state index is 5.36. The van der Waals surface area contributed by atoms with Crippen LogP contribution in [-0.4, -0.2) is 13.3 Å². The predicted octanol–water partition coefficient (Wildman–Crippen LogP) is 3.23. The van der Waals surface area contributed by atoms with E-state index < -0.39 is 0 Å². The molecular weight excluding hydrogens is 282 g/mol. The highest BCUT2D eigenvalue weighted by Crippen LogP contribution is 2.36. The Morgan fingerprint density at radius 3 is 2.76 bits per heavy atom. The van der Waals surface area contributed by atoms with E-state index in [0.29, 0.717) is 6.79 Å². The van der Waals surface area contributed by atoms with E-state index in [1.54, 1.807) is 0 Å². The Balaban J connectivity index is 1.99. The van der Waals surface area contributed by atoms with Crippen molar-refractivity contribution in [2.24, 2.45) is 0 Å². The molecule has 0 amide bonds. The Bertz CT molecular complexity index is 439. The molecule has 0 saturated carbocycles. The van der Waals surface area contributed by atoms with Crippen molar-refractivity contribution in [2.45, 2.75) is 20.4 Å². The molecule has 2 rings (SSSR count). The third kappa shape index (κ3) is 3.23. The topological polar surface area (TPSA) is 30.5 Å². The summed E-state index contributed by atoms with van der Waals surface area (Å²) in [4.78, 5) is 0. The first-order valence-electron chi connectivity index (χ1n) is 5.59. The molecule has 0 saturated heterocycles. The molecule has 17 heavy (non-hydrogen) atoms. The van der Waals surface area contributed by atoms with E-state index in [-0.39, 0.29) is 0 Å². The Labute approximate surface area is 110 Å². The van der Waals surface area contributed by atoms with Gasteiger partial charge in [0.1, 0.15) is 0 Å². The van der Waals surface area contributed by atoms with Gasteiger partial charge in [-0.25, -0.2) is 0 Å². The van der Waals surface area contributed by atoms with Crippen molar-refractivity contribution in [3.63, 3.8) is 0 Å². The highest BCUT2D eigenvalue weighted by Gasteiger charge is 2.15. The summed E-state index contributed by atoms with van der Waals surface area (Å²) >= 11 is 3.54. The molecule has 4 heteroatoms. The molecule has 0 unspecified atom stereocenters. The summed E-state index contributed by atoms with van der Waals surface area (Å²) in [6.07, 6.45) is 2.17. The summed E-state index contributed by atoms with van der Waals surface area (Å²) < 4.78 is 11.7. The van der Waals surface area contributed by atoms with Crippen LogP contribution in [0.15, 0.2) is 28.3 Å². The predicted molar refractivity (Wildman–Crippen MR) is 71.4 cm³/mol. The van der Waals surface area contributed by atoms with Crippen LogP contribution >= 0.6 is 15.9 Å². The number of rotatable bonds is 4. The minimum absolute atomic E-state index is 0.316. The van der Waals surface area contributed by atoms with Crippen LogP contribution in [0.25, 0.3) is 0 Å². The van der Waals surface area contributed by atoms with Gasteiger partial charge < -0.3 is 14.8 Å². The van der Waals surface area contributed by atoms with Crippen molar-refractivity contribution >= 4 is 15.9 Å². The summed E-state index contributed by atoms with van der Waals surface area (Å²) in [5.41, 5.74) is 2.50. The summed E-state index contributed by atoms with van der Waals surface area (Å²) in [6.45, 7) is 6.19. The fourth-order valence-corrected chi connectivity index (χ4v) is 2.04. The van der Waals surface area contributed by atoms with Crippen molar-refractivity contribution < 1.29 is 9.47 Å². The first-order chi connectivity index (χ1) is 8.16. The number of nitrogens with one attached hydrogen (secondary N) is 1. The van der Waals surface area contributed by atoms with E-state index in [1.165, 1.54) is 11.1 Å². The van der Waals surface area contributed by atoms with Gasteiger partial charge in [-0.15, -0.1) is 0 Å². The molecule has 0 fully saturated rings. The highest BCUT2D eigenvalue weighted by molar-refractivity contribution is 9.10. The minimum Gasteiger partial charge on any atom is -0.454 e. The molecule has 0 atom stereocenters. The summed E-state index contributed by atoms with van der Waals surface area (Å²) in [6, 6.07) is 3.97. The molecule has 1 aliphatic rings. The zero-order chi connectivity index (χ0) is 12.3. The van der Waals surface area contributed by atoms with Crippen LogP contribution in [0.1, 0.15) is 19.4 Å². The lowest BCUT2D eigenvalue weighted by Gasteiger charge is -2.07. The summed E-state index contributed by atoms with van der Waals surface area (Å²) in [5.74, 6) is 1.64. The first-order valence-corrected chi connectivity index (χ1v) is 6.38. The maximum absolute atomic E-state index is 5.36. The van der Waals surface area contributed by atoms with Gasteiger partial charge >= 0.3 is 0 Å². The molecule has 1 heterocycles. The molecule has 3 nitrogen and oxygen atoms in total. The van der Waals surface area contributed by atoms with E-state index in [4.69, 9.17) is 9.47 Å². The van der Waals surface area contributed by atoms with Gasteiger partial charge in [-0.2, -0.15) is 0 Å². The molecule has 0 spiro atoms. The molecule has 1 aromatic carbocycles. The van der Waals surface area contributed by atoms with Gasteiger partial charge in [0, 0.05) is 17.6 Å². The fraction of sp³-hybridized carbons (Fsp3) is 0.385. The normalized spacial score (nSPS) is 12.6. The van der Waals surface area contributed by atoms with Crippen LogP contribution in [0.5, 0.6) is 11.5 Å². The van der Waals surface area contributed by atoms with Gasteiger partial charge in [0.15, 0.2) is 11.5 Å². The lowest BCUT2D eigenvalue weighted by molar-refractivity contribution is 0.174. The molecule has 1 aliphatic heterocycles. The van der Waals surface area contributed by atoms with E-state index >= 15 is 0 Å². The van der Waals surface area contributed by atoms with Gasteiger partial charge in [-0.05, 0) is 31.5 Å². The second-order valence-corrected chi connectivity index (χ2v) is 5.06. The van der Waals surface area contributed by atoms with Crippen LogP contribution < -0.4 is 14.8 Å². The fourth-order valence-electron chi connectivity index (χ4n) is 1.58. The van der Waals surface area contributed by atoms with Crippen LogP contribution in [0.3, 0.4) is 0 Å². The third-order valence-corrected chi connectivity index (χ3v) is 3.25. The number of hydrogen-bond donors (Lipinski definition) is 1. The molecule has 0 radical (unpaired) electrons.